The molecule has 0 radical (unpaired) electrons. The van der Waals surface area contributed by atoms with Crippen molar-refractivity contribution in [2.24, 2.45) is 23.7 Å². The minimum atomic E-state index is -0.0374. The lowest BCUT2D eigenvalue weighted by atomic mass is 9.81. The highest BCUT2D eigenvalue weighted by Gasteiger charge is 2.61. The second-order valence-electron chi connectivity index (χ2n) is 6.52. The Balaban J connectivity index is 1.77. The monoisotopic (exact) mass is 347 g/mol. The van der Waals surface area contributed by atoms with Crippen LogP contribution in [-0.4, -0.2) is 11.8 Å². The van der Waals surface area contributed by atoms with Gasteiger partial charge in [0.2, 0.25) is 11.8 Å². The third-order valence-electron chi connectivity index (χ3n) is 5.59. The number of imide groups is 1. The van der Waals surface area contributed by atoms with Gasteiger partial charge in [0.1, 0.15) is 0 Å². The molecule has 0 aromatic heterocycles. The Bertz CT molecular complexity index is 614. The van der Waals surface area contributed by atoms with E-state index < -0.39 is 0 Å². The Hall–Kier alpha value is -1.16. The Labute approximate surface area is 132 Å². The molecule has 3 aliphatic rings. The molecular formula is C17H18BrNO2. The summed E-state index contributed by atoms with van der Waals surface area (Å²) in [6.07, 6.45) is 4.15. The first-order chi connectivity index (χ1) is 10.1. The van der Waals surface area contributed by atoms with Crippen molar-refractivity contribution in [2.75, 3.05) is 4.90 Å². The topological polar surface area (TPSA) is 37.4 Å². The number of halogens is 1. The number of nitrogens with zero attached hydrogens (tertiary/aromatic N) is 1. The molecule has 2 aliphatic carbocycles. The number of hydrogen-bond donors (Lipinski definition) is 0. The van der Waals surface area contributed by atoms with Gasteiger partial charge in [-0.25, -0.2) is 4.90 Å². The van der Waals surface area contributed by atoms with Crippen LogP contribution in [0.3, 0.4) is 0 Å². The van der Waals surface area contributed by atoms with E-state index in [4.69, 9.17) is 0 Å². The molecule has 2 saturated carbocycles. The van der Waals surface area contributed by atoms with Crippen molar-refractivity contribution >= 4 is 33.4 Å². The summed E-state index contributed by atoms with van der Waals surface area (Å²) in [5.74, 6) is 0.918. The molecule has 4 rings (SSSR count). The molecule has 0 N–H and O–H groups in total. The van der Waals surface area contributed by atoms with E-state index in [0.717, 1.165) is 41.4 Å². The highest BCUT2D eigenvalue weighted by Crippen LogP contribution is 2.56. The van der Waals surface area contributed by atoms with Crippen molar-refractivity contribution < 1.29 is 9.59 Å². The van der Waals surface area contributed by atoms with Gasteiger partial charge in [0.25, 0.3) is 0 Å². The second kappa shape index (κ2) is 4.67. The Kier molecular flexibility index (Phi) is 3.00. The zero-order valence-electron chi connectivity index (χ0n) is 12.0. The normalized spacial score (nSPS) is 33.9. The Morgan fingerprint density at radius 2 is 1.76 bits per heavy atom. The summed E-state index contributed by atoms with van der Waals surface area (Å²) in [5.41, 5.74) is 1.85. The summed E-state index contributed by atoms with van der Waals surface area (Å²) in [4.78, 5) is 27.2. The quantitative estimate of drug-likeness (QED) is 0.767. The van der Waals surface area contributed by atoms with Gasteiger partial charge in [-0.15, -0.1) is 0 Å². The molecule has 4 atom stereocenters. The molecule has 1 aromatic rings. The van der Waals surface area contributed by atoms with Crippen molar-refractivity contribution in [3.63, 3.8) is 0 Å². The van der Waals surface area contributed by atoms with Crippen LogP contribution in [0.1, 0.15) is 31.7 Å². The van der Waals surface area contributed by atoms with Gasteiger partial charge < -0.3 is 0 Å². The van der Waals surface area contributed by atoms with Crippen molar-refractivity contribution in [3.05, 3.63) is 28.2 Å². The predicted octanol–water partition coefficient (Wildman–Crippen LogP) is 3.55. The van der Waals surface area contributed by atoms with E-state index in [1.165, 1.54) is 4.90 Å². The first-order valence-corrected chi connectivity index (χ1v) is 8.57. The summed E-state index contributed by atoms with van der Waals surface area (Å²) < 4.78 is 0.988. The molecule has 0 spiro atoms. The van der Waals surface area contributed by atoms with Crippen LogP contribution in [0.15, 0.2) is 22.7 Å². The van der Waals surface area contributed by atoms with Gasteiger partial charge in [0, 0.05) is 4.47 Å². The molecule has 3 fully saturated rings. The molecule has 4 heteroatoms. The van der Waals surface area contributed by atoms with Crippen LogP contribution in [0, 0.1) is 23.7 Å². The molecule has 1 aromatic carbocycles. The highest BCUT2D eigenvalue weighted by molar-refractivity contribution is 9.10. The second-order valence-corrected chi connectivity index (χ2v) is 7.44. The number of fused-ring (bicyclic) bond motifs is 5. The minimum absolute atomic E-state index is 0.0374. The van der Waals surface area contributed by atoms with E-state index in [9.17, 15) is 9.59 Å². The number of anilines is 1. The fourth-order valence-electron chi connectivity index (χ4n) is 4.70. The van der Waals surface area contributed by atoms with Crippen LogP contribution in [0.5, 0.6) is 0 Å². The summed E-state index contributed by atoms with van der Waals surface area (Å²) in [7, 11) is 0. The lowest BCUT2D eigenvalue weighted by molar-refractivity contribution is -0.123. The number of rotatable bonds is 2. The van der Waals surface area contributed by atoms with E-state index in [1.807, 2.05) is 18.2 Å². The van der Waals surface area contributed by atoms with Crippen molar-refractivity contribution in [2.45, 2.75) is 32.6 Å². The molecule has 1 heterocycles. The maximum Gasteiger partial charge on any atom is 0.237 e. The van der Waals surface area contributed by atoms with Gasteiger partial charge in [0.15, 0.2) is 0 Å². The predicted molar refractivity (Wildman–Crippen MR) is 83.8 cm³/mol. The van der Waals surface area contributed by atoms with Crippen molar-refractivity contribution in [3.8, 4) is 0 Å². The van der Waals surface area contributed by atoms with Crippen molar-refractivity contribution in [1.82, 2.24) is 0 Å². The van der Waals surface area contributed by atoms with E-state index in [2.05, 4.69) is 22.9 Å². The molecule has 3 nitrogen and oxygen atoms in total. The molecule has 2 bridgehead atoms. The zero-order chi connectivity index (χ0) is 14.7. The van der Waals surface area contributed by atoms with E-state index in [1.54, 1.807) is 0 Å². The molecule has 0 unspecified atom stereocenters. The van der Waals surface area contributed by atoms with Crippen LogP contribution in [0.2, 0.25) is 0 Å². The van der Waals surface area contributed by atoms with Gasteiger partial charge in [-0.3, -0.25) is 9.59 Å². The molecule has 21 heavy (non-hydrogen) atoms. The first-order valence-electron chi connectivity index (χ1n) is 7.78. The Morgan fingerprint density at radius 1 is 1.14 bits per heavy atom. The largest absolute Gasteiger partial charge is 0.274 e. The number of hydrogen-bond acceptors (Lipinski definition) is 2. The minimum Gasteiger partial charge on any atom is -0.274 e. The third-order valence-corrected chi connectivity index (χ3v) is 6.08. The van der Waals surface area contributed by atoms with Crippen LogP contribution in [0.25, 0.3) is 0 Å². The maximum absolute atomic E-state index is 12.8. The van der Waals surface area contributed by atoms with Crippen LogP contribution >= 0.6 is 15.9 Å². The number of aryl methyl sites for hydroxylation is 1. The lowest BCUT2D eigenvalue weighted by Crippen LogP contribution is -2.33. The summed E-state index contributed by atoms with van der Waals surface area (Å²) in [6.45, 7) is 2.06. The Morgan fingerprint density at radius 3 is 2.33 bits per heavy atom. The SMILES string of the molecule is CCc1cc(Br)ccc1N1C(=O)[C@H]2[C@@H]3CC[C@@H](C3)[C@@H]2C1=O. The van der Waals surface area contributed by atoms with Gasteiger partial charge in [-0.2, -0.15) is 0 Å². The van der Waals surface area contributed by atoms with Crippen LogP contribution in [-0.2, 0) is 16.0 Å². The number of benzene rings is 1. The zero-order valence-corrected chi connectivity index (χ0v) is 13.6. The third kappa shape index (κ3) is 1.78. The smallest absolute Gasteiger partial charge is 0.237 e. The van der Waals surface area contributed by atoms with Gasteiger partial charge in [-0.1, -0.05) is 22.9 Å². The van der Waals surface area contributed by atoms with Gasteiger partial charge >= 0.3 is 0 Å². The number of amides is 2. The van der Waals surface area contributed by atoms with E-state index >= 15 is 0 Å². The maximum atomic E-state index is 12.8. The van der Waals surface area contributed by atoms with E-state index in [-0.39, 0.29) is 23.7 Å². The summed E-state index contributed by atoms with van der Waals surface area (Å²) >= 11 is 3.47. The van der Waals surface area contributed by atoms with Gasteiger partial charge in [-0.05, 0) is 61.3 Å². The standard InChI is InChI=1S/C17H18BrNO2/c1-2-9-8-12(18)5-6-13(9)19-16(20)14-10-3-4-11(7-10)15(14)17(19)21/h5-6,8,10-11,14-15H,2-4,7H2,1H3/t10-,11+,14-,15-/m0/s1. The number of carbonyl (C=O) groups excluding carboxylic acids is 2. The summed E-state index contributed by atoms with van der Waals surface area (Å²) in [6, 6.07) is 5.83. The first kappa shape index (κ1) is 13.5. The average Bonchev–Trinajstić information content (AvgIpc) is 3.14. The molecule has 110 valence electrons. The van der Waals surface area contributed by atoms with Crippen LogP contribution < -0.4 is 4.90 Å². The molecule has 1 saturated heterocycles. The summed E-state index contributed by atoms with van der Waals surface area (Å²) in [5, 5.41) is 0. The molecule has 1 aliphatic heterocycles. The fourth-order valence-corrected chi connectivity index (χ4v) is 5.11. The molecule has 2 amide bonds. The molecular weight excluding hydrogens is 330 g/mol. The lowest BCUT2D eigenvalue weighted by Gasteiger charge is -2.20. The van der Waals surface area contributed by atoms with E-state index in [0.29, 0.717) is 11.8 Å². The number of carbonyl (C=O) groups is 2. The van der Waals surface area contributed by atoms with Crippen LogP contribution in [0.4, 0.5) is 5.69 Å². The fraction of sp³-hybridized carbons (Fsp3) is 0.529. The average molecular weight is 348 g/mol. The highest BCUT2D eigenvalue weighted by atomic mass is 79.9. The van der Waals surface area contributed by atoms with Gasteiger partial charge in [0.05, 0.1) is 17.5 Å². The van der Waals surface area contributed by atoms with Crippen molar-refractivity contribution in [1.29, 1.82) is 0 Å².